The molecule has 0 fully saturated rings. The van der Waals surface area contributed by atoms with Crippen molar-refractivity contribution in [3.05, 3.63) is 52.4 Å². The van der Waals surface area contributed by atoms with Crippen LogP contribution in [0.2, 0.25) is 0 Å². The zero-order chi connectivity index (χ0) is 18.2. The average molecular weight is 408 g/mol. The van der Waals surface area contributed by atoms with Crippen LogP contribution < -0.4 is 10.6 Å². The molecule has 2 N–H and O–H groups in total. The lowest BCUT2D eigenvalue weighted by atomic mass is 10.2. The van der Waals surface area contributed by atoms with Gasteiger partial charge in [-0.25, -0.2) is 0 Å². The Hall–Kier alpha value is -2.12. The molecule has 134 valence electrons. The second-order valence-electron chi connectivity index (χ2n) is 5.42. The molecule has 2 amide bonds. The topological polar surface area (TPSA) is 74.6 Å². The van der Waals surface area contributed by atoms with Crippen LogP contribution in [-0.4, -0.2) is 42.9 Å². The lowest BCUT2D eigenvalue weighted by molar-refractivity contribution is 0.0947. The Balaban J connectivity index is 1.93. The maximum atomic E-state index is 12.2. The number of carbonyl (C=O) groups is 2. The van der Waals surface area contributed by atoms with E-state index in [1.54, 1.807) is 36.4 Å². The van der Waals surface area contributed by atoms with Crippen LogP contribution in [0.4, 0.5) is 5.69 Å². The lowest BCUT2D eigenvalue weighted by Gasteiger charge is -2.18. The Kier molecular flexibility index (Phi) is 7.21. The van der Waals surface area contributed by atoms with E-state index in [4.69, 9.17) is 4.42 Å². The van der Waals surface area contributed by atoms with E-state index in [0.717, 1.165) is 19.6 Å². The number of benzene rings is 1. The first-order chi connectivity index (χ1) is 12.0. The van der Waals surface area contributed by atoms with Crippen LogP contribution in [0.3, 0.4) is 0 Å². The highest BCUT2D eigenvalue weighted by Gasteiger charge is 2.12. The zero-order valence-electron chi connectivity index (χ0n) is 14.3. The third kappa shape index (κ3) is 5.72. The van der Waals surface area contributed by atoms with E-state index in [9.17, 15) is 9.59 Å². The van der Waals surface area contributed by atoms with Crippen molar-refractivity contribution in [3.63, 3.8) is 0 Å². The van der Waals surface area contributed by atoms with Crippen molar-refractivity contribution in [1.29, 1.82) is 0 Å². The van der Waals surface area contributed by atoms with Crippen molar-refractivity contribution in [2.45, 2.75) is 13.8 Å². The summed E-state index contributed by atoms with van der Waals surface area (Å²) in [6.07, 6.45) is 0. The molecule has 6 nitrogen and oxygen atoms in total. The fraction of sp³-hybridized carbons (Fsp3) is 0.333. The molecule has 0 unspecified atom stereocenters. The number of halogens is 1. The quantitative estimate of drug-likeness (QED) is 0.703. The average Bonchev–Trinajstić information content (AvgIpc) is 3.05. The molecule has 7 heteroatoms. The Morgan fingerprint density at radius 3 is 2.52 bits per heavy atom. The number of likely N-dealkylation sites (N-methyl/N-ethyl adjacent to an activating group) is 1. The van der Waals surface area contributed by atoms with Gasteiger partial charge in [0.1, 0.15) is 0 Å². The van der Waals surface area contributed by atoms with Crippen LogP contribution in [0.25, 0.3) is 0 Å². The summed E-state index contributed by atoms with van der Waals surface area (Å²) in [5.41, 5.74) is 1.03. The number of hydrogen-bond acceptors (Lipinski definition) is 4. The van der Waals surface area contributed by atoms with E-state index in [1.165, 1.54) is 0 Å². The highest BCUT2D eigenvalue weighted by molar-refractivity contribution is 9.10. The number of anilines is 1. The molecule has 0 bridgehead atoms. The van der Waals surface area contributed by atoms with Crippen molar-refractivity contribution in [2.75, 3.05) is 31.5 Å². The fourth-order valence-electron chi connectivity index (χ4n) is 2.34. The predicted molar refractivity (Wildman–Crippen MR) is 101 cm³/mol. The molecule has 0 radical (unpaired) electrons. The molecule has 0 atom stereocenters. The Labute approximate surface area is 155 Å². The summed E-state index contributed by atoms with van der Waals surface area (Å²) in [7, 11) is 0. The van der Waals surface area contributed by atoms with Crippen molar-refractivity contribution >= 4 is 33.4 Å². The molecule has 0 aliphatic heterocycles. The summed E-state index contributed by atoms with van der Waals surface area (Å²) in [5.74, 6) is -0.338. The van der Waals surface area contributed by atoms with E-state index in [1.807, 2.05) is 0 Å². The third-order valence-corrected chi connectivity index (χ3v) is 4.21. The summed E-state index contributed by atoms with van der Waals surface area (Å²) >= 11 is 3.16. The number of nitrogens with one attached hydrogen (secondary N) is 2. The van der Waals surface area contributed by atoms with Crippen LogP contribution in [0, 0.1) is 0 Å². The Morgan fingerprint density at radius 2 is 1.88 bits per heavy atom. The molecule has 1 heterocycles. The lowest BCUT2D eigenvalue weighted by Crippen LogP contribution is -2.34. The molecule has 0 spiro atoms. The number of furan rings is 1. The molecule has 1 aromatic heterocycles. The van der Waals surface area contributed by atoms with E-state index < -0.39 is 0 Å². The van der Waals surface area contributed by atoms with Gasteiger partial charge in [-0.3, -0.25) is 9.59 Å². The highest BCUT2D eigenvalue weighted by atomic mass is 79.9. The van der Waals surface area contributed by atoms with Crippen molar-refractivity contribution in [2.24, 2.45) is 0 Å². The minimum absolute atomic E-state index is 0.163. The van der Waals surface area contributed by atoms with Crippen molar-refractivity contribution in [1.82, 2.24) is 10.2 Å². The first kappa shape index (κ1) is 19.2. The van der Waals surface area contributed by atoms with E-state index in [-0.39, 0.29) is 17.6 Å². The minimum atomic E-state index is -0.371. The maximum Gasteiger partial charge on any atom is 0.291 e. The third-order valence-electron chi connectivity index (χ3n) is 3.79. The van der Waals surface area contributed by atoms with Gasteiger partial charge in [0.15, 0.2) is 10.4 Å². The van der Waals surface area contributed by atoms with E-state index in [2.05, 4.69) is 45.3 Å². The van der Waals surface area contributed by atoms with Crippen molar-refractivity contribution < 1.29 is 14.0 Å². The van der Waals surface area contributed by atoms with Gasteiger partial charge in [-0.1, -0.05) is 19.9 Å². The monoisotopic (exact) mass is 407 g/mol. The first-order valence-electron chi connectivity index (χ1n) is 8.20. The van der Waals surface area contributed by atoms with Crippen LogP contribution in [0.15, 0.2) is 45.5 Å². The Morgan fingerprint density at radius 1 is 1.12 bits per heavy atom. The molecule has 0 saturated heterocycles. The molecule has 25 heavy (non-hydrogen) atoms. The molecule has 1 aromatic carbocycles. The molecular formula is C18H22BrN3O3. The van der Waals surface area contributed by atoms with Gasteiger partial charge in [-0.2, -0.15) is 0 Å². The molecule has 0 aliphatic rings. The number of carbonyl (C=O) groups excluding carboxylic acids is 2. The SMILES string of the molecule is CCN(CC)CCNC(=O)c1cccc(NC(=O)c2ccc(Br)o2)c1. The fourth-order valence-corrected chi connectivity index (χ4v) is 2.64. The van der Waals surface area contributed by atoms with Crippen molar-refractivity contribution in [3.8, 4) is 0 Å². The largest absolute Gasteiger partial charge is 0.444 e. The highest BCUT2D eigenvalue weighted by Crippen LogP contribution is 2.17. The molecule has 2 rings (SSSR count). The maximum absolute atomic E-state index is 12.2. The van der Waals surface area contributed by atoms with Gasteiger partial charge in [-0.05, 0) is 59.4 Å². The summed E-state index contributed by atoms with van der Waals surface area (Å²) in [4.78, 5) is 26.6. The summed E-state index contributed by atoms with van der Waals surface area (Å²) in [5, 5.41) is 5.61. The normalized spacial score (nSPS) is 10.7. The van der Waals surface area contributed by atoms with Gasteiger partial charge in [-0.15, -0.1) is 0 Å². The van der Waals surface area contributed by atoms with E-state index in [0.29, 0.717) is 22.5 Å². The van der Waals surface area contributed by atoms with Crippen LogP contribution in [-0.2, 0) is 0 Å². The van der Waals surface area contributed by atoms with E-state index >= 15 is 0 Å². The molecule has 2 aromatic rings. The van der Waals surface area contributed by atoms with Gasteiger partial charge in [0.2, 0.25) is 0 Å². The molecule has 0 aliphatic carbocycles. The van der Waals surface area contributed by atoms with Crippen LogP contribution in [0.1, 0.15) is 34.8 Å². The standard InChI is InChI=1S/C18H22BrN3O3/c1-3-22(4-2)11-10-20-17(23)13-6-5-7-14(12-13)21-18(24)15-8-9-16(19)25-15/h5-9,12H,3-4,10-11H2,1-2H3,(H,20,23)(H,21,24). The van der Waals surface area contributed by atoms with Gasteiger partial charge >= 0.3 is 0 Å². The number of nitrogens with zero attached hydrogens (tertiary/aromatic N) is 1. The molecule has 0 saturated carbocycles. The minimum Gasteiger partial charge on any atom is -0.444 e. The zero-order valence-corrected chi connectivity index (χ0v) is 15.9. The van der Waals surface area contributed by atoms with Gasteiger partial charge in [0.25, 0.3) is 11.8 Å². The predicted octanol–water partition coefficient (Wildman–Crippen LogP) is 3.37. The summed E-state index contributed by atoms with van der Waals surface area (Å²) in [6.45, 7) is 7.48. The summed E-state index contributed by atoms with van der Waals surface area (Å²) in [6, 6.07) is 10.0. The first-order valence-corrected chi connectivity index (χ1v) is 9.00. The molecular weight excluding hydrogens is 386 g/mol. The van der Waals surface area contributed by atoms with Gasteiger partial charge < -0.3 is 20.0 Å². The van der Waals surface area contributed by atoms with Crippen LogP contribution >= 0.6 is 15.9 Å². The second kappa shape index (κ2) is 9.39. The number of amides is 2. The smallest absolute Gasteiger partial charge is 0.291 e. The second-order valence-corrected chi connectivity index (χ2v) is 6.20. The summed E-state index contributed by atoms with van der Waals surface area (Å²) < 4.78 is 5.70. The number of rotatable bonds is 8. The van der Waals surface area contributed by atoms with Gasteiger partial charge in [0, 0.05) is 24.3 Å². The van der Waals surface area contributed by atoms with Gasteiger partial charge in [0.05, 0.1) is 0 Å². The van der Waals surface area contributed by atoms with Crippen LogP contribution in [0.5, 0.6) is 0 Å². The Bertz CT molecular complexity index is 726. The number of hydrogen-bond donors (Lipinski definition) is 2.